The van der Waals surface area contributed by atoms with Crippen molar-refractivity contribution in [1.29, 1.82) is 0 Å². The number of carboxylic acid groups (broad SMARTS) is 1. The number of hydrogen-bond acceptors (Lipinski definition) is 4. The monoisotopic (exact) mass is 305 g/mol. The Balaban J connectivity index is 4.35. The molecule has 0 aliphatic rings. The van der Waals surface area contributed by atoms with Gasteiger partial charge >= 0.3 is 12.1 Å². The van der Waals surface area contributed by atoms with Gasteiger partial charge in [0.2, 0.25) is 5.91 Å². The maximum Gasteiger partial charge on any atom is 0.389 e. The Hall–Kier alpha value is -1.32. The quantitative estimate of drug-likeness (QED) is 0.706. The second-order valence-electron chi connectivity index (χ2n) is 3.99. The molecule has 1 atom stereocenters. The van der Waals surface area contributed by atoms with Gasteiger partial charge in [-0.15, -0.1) is 0 Å². The van der Waals surface area contributed by atoms with Crippen LogP contribution < -0.4 is 5.32 Å². The highest BCUT2D eigenvalue weighted by molar-refractivity contribution is 7.90. The Labute approximate surface area is 107 Å². The molecular weight excluding hydrogens is 291 g/mol. The fourth-order valence-electron chi connectivity index (χ4n) is 1.11. The first-order valence-corrected chi connectivity index (χ1v) is 7.23. The zero-order chi connectivity index (χ0) is 15.3. The van der Waals surface area contributed by atoms with Crippen molar-refractivity contribution in [2.24, 2.45) is 0 Å². The fourth-order valence-corrected chi connectivity index (χ4v) is 1.77. The minimum atomic E-state index is -4.51. The predicted octanol–water partition coefficient (Wildman–Crippen LogP) is 0.333. The van der Waals surface area contributed by atoms with Gasteiger partial charge in [0.1, 0.15) is 15.9 Å². The molecule has 0 aliphatic carbocycles. The molecule has 0 fully saturated rings. The van der Waals surface area contributed by atoms with Crippen LogP contribution in [0.15, 0.2) is 0 Å². The Kier molecular flexibility index (Phi) is 6.27. The molecule has 112 valence electrons. The number of nitrogens with one attached hydrogen (secondary N) is 1. The van der Waals surface area contributed by atoms with Crippen LogP contribution in [0.25, 0.3) is 0 Å². The van der Waals surface area contributed by atoms with Crippen molar-refractivity contribution in [3.8, 4) is 0 Å². The van der Waals surface area contributed by atoms with E-state index >= 15 is 0 Å². The maximum absolute atomic E-state index is 11.8. The largest absolute Gasteiger partial charge is 0.480 e. The highest BCUT2D eigenvalue weighted by Crippen LogP contribution is 2.21. The number of amides is 1. The van der Waals surface area contributed by atoms with Crippen molar-refractivity contribution in [2.45, 2.75) is 31.5 Å². The molecular formula is C9H14F3NO5S. The zero-order valence-corrected chi connectivity index (χ0v) is 10.8. The fraction of sp³-hybridized carbons (Fsp3) is 0.778. The standard InChI is InChI=1S/C9H14F3NO5S/c1-19(17,18)5-3-6(8(15)16)13-7(14)2-4-9(10,11)12/h6H,2-5H2,1H3,(H,13,14)(H,15,16). The van der Waals surface area contributed by atoms with E-state index < -0.39 is 58.9 Å². The molecule has 0 aromatic carbocycles. The SMILES string of the molecule is CS(=O)(=O)CCC(NC(=O)CCC(F)(F)F)C(=O)O. The summed E-state index contributed by atoms with van der Waals surface area (Å²) in [5, 5.41) is 10.6. The Morgan fingerprint density at radius 3 is 2.21 bits per heavy atom. The molecule has 0 bridgehead atoms. The number of carbonyl (C=O) groups excluding carboxylic acids is 1. The van der Waals surface area contributed by atoms with Gasteiger partial charge in [-0.1, -0.05) is 0 Å². The van der Waals surface area contributed by atoms with Gasteiger partial charge in [0.05, 0.1) is 12.2 Å². The molecule has 2 N–H and O–H groups in total. The minimum Gasteiger partial charge on any atom is -0.480 e. The maximum atomic E-state index is 11.8. The third-order valence-electron chi connectivity index (χ3n) is 2.05. The average molecular weight is 305 g/mol. The average Bonchev–Trinajstić information content (AvgIpc) is 2.18. The van der Waals surface area contributed by atoms with Crippen LogP contribution in [-0.4, -0.2) is 49.6 Å². The number of aliphatic carboxylic acids is 1. The molecule has 1 amide bonds. The molecule has 0 rings (SSSR count). The van der Waals surface area contributed by atoms with Gasteiger partial charge in [-0.2, -0.15) is 13.2 Å². The van der Waals surface area contributed by atoms with E-state index in [9.17, 15) is 31.2 Å². The molecule has 10 heteroatoms. The molecule has 0 saturated heterocycles. The topological polar surface area (TPSA) is 101 Å². The molecule has 0 aromatic rings. The number of carbonyl (C=O) groups is 2. The van der Waals surface area contributed by atoms with Crippen molar-refractivity contribution in [2.75, 3.05) is 12.0 Å². The molecule has 0 heterocycles. The van der Waals surface area contributed by atoms with Gasteiger partial charge in [-0.3, -0.25) is 4.79 Å². The number of hydrogen-bond donors (Lipinski definition) is 2. The summed E-state index contributed by atoms with van der Waals surface area (Å²) in [6, 6.07) is -1.52. The van der Waals surface area contributed by atoms with Gasteiger partial charge in [0.25, 0.3) is 0 Å². The molecule has 19 heavy (non-hydrogen) atoms. The van der Waals surface area contributed by atoms with Gasteiger partial charge < -0.3 is 10.4 Å². The van der Waals surface area contributed by atoms with Crippen molar-refractivity contribution in [1.82, 2.24) is 5.32 Å². The van der Waals surface area contributed by atoms with Crippen molar-refractivity contribution in [3.05, 3.63) is 0 Å². The Bertz CT molecular complexity index is 432. The van der Waals surface area contributed by atoms with Crippen LogP contribution in [0.5, 0.6) is 0 Å². The lowest BCUT2D eigenvalue weighted by Gasteiger charge is -2.14. The number of alkyl halides is 3. The van der Waals surface area contributed by atoms with E-state index in [-0.39, 0.29) is 0 Å². The predicted molar refractivity (Wildman–Crippen MR) is 59.2 cm³/mol. The third kappa shape index (κ3) is 10.3. The number of sulfone groups is 1. The van der Waals surface area contributed by atoms with Crippen LogP contribution >= 0.6 is 0 Å². The van der Waals surface area contributed by atoms with Crippen LogP contribution in [0.2, 0.25) is 0 Å². The molecule has 6 nitrogen and oxygen atoms in total. The lowest BCUT2D eigenvalue weighted by molar-refractivity contribution is -0.146. The minimum absolute atomic E-state index is 0.397. The second-order valence-corrected chi connectivity index (χ2v) is 6.25. The van der Waals surface area contributed by atoms with Crippen LogP contribution in [-0.2, 0) is 19.4 Å². The van der Waals surface area contributed by atoms with E-state index in [0.717, 1.165) is 6.26 Å². The zero-order valence-electron chi connectivity index (χ0n) is 10.0. The first kappa shape index (κ1) is 17.7. The van der Waals surface area contributed by atoms with E-state index in [1.165, 1.54) is 0 Å². The normalized spacial score (nSPS) is 13.9. The van der Waals surface area contributed by atoms with E-state index in [4.69, 9.17) is 5.11 Å². The molecule has 1 unspecified atom stereocenters. The summed E-state index contributed by atoms with van der Waals surface area (Å²) in [4.78, 5) is 21.8. The highest BCUT2D eigenvalue weighted by Gasteiger charge is 2.29. The Morgan fingerprint density at radius 2 is 1.84 bits per heavy atom. The van der Waals surface area contributed by atoms with Crippen LogP contribution in [0.1, 0.15) is 19.3 Å². The first-order chi connectivity index (χ1) is 8.41. The van der Waals surface area contributed by atoms with Crippen LogP contribution in [0.4, 0.5) is 13.2 Å². The number of rotatable bonds is 7. The van der Waals surface area contributed by atoms with Crippen molar-refractivity contribution in [3.63, 3.8) is 0 Å². The Morgan fingerprint density at radius 1 is 1.32 bits per heavy atom. The van der Waals surface area contributed by atoms with E-state index in [2.05, 4.69) is 0 Å². The lowest BCUT2D eigenvalue weighted by atomic mass is 10.2. The van der Waals surface area contributed by atoms with Gasteiger partial charge in [-0.25, -0.2) is 13.2 Å². The van der Waals surface area contributed by atoms with Crippen LogP contribution in [0, 0.1) is 0 Å². The number of carboxylic acids is 1. The van der Waals surface area contributed by atoms with Gasteiger partial charge in [0, 0.05) is 12.7 Å². The summed E-state index contributed by atoms with van der Waals surface area (Å²) in [7, 11) is -3.42. The van der Waals surface area contributed by atoms with Crippen molar-refractivity contribution < 1.29 is 36.3 Å². The summed E-state index contributed by atoms with van der Waals surface area (Å²) in [6.07, 6.45) is -6.28. The lowest BCUT2D eigenvalue weighted by Crippen LogP contribution is -2.42. The molecule has 0 aromatic heterocycles. The summed E-state index contributed by atoms with van der Waals surface area (Å²) in [5.41, 5.74) is 0. The first-order valence-electron chi connectivity index (χ1n) is 5.17. The summed E-state index contributed by atoms with van der Waals surface area (Å²) < 4.78 is 57.2. The van der Waals surface area contributed by atoms with Crippen LogP contribution in [0.3, 0.4) is 0 Å². The van der Waals surface area contributed by atoms with Gasteiger partial charge in [-0.05, 0) is 6.42 Å². The molecule has 0 spiro atoms. The number of halogens is 3. The third-order valence-corrected chi connectivity index (χ3v) is 3.02. The molecule has 0 radical (unpaired) electrons. The second kappa shape index (κ2) is 6.73. The van der Waals surface area contributed by atoms with Gasteiger partial charge in [0.15, 0.2) is 0 Å². The van der Waals surface area contributed by atoms with Crippen molar-refractivity contribution >= 4 is 21.7 Å². The summed E-state index contributed by atoms with van der Waals surface area (Å²) in [5.74, 6) is -3.06. The smallest absolute Gasteiger partial charge is 0.389 e. The summed E-state index contributed by atoms with van der Waals surface area (Å²) in [6.45, 7) is 0. The molecule has 0 saturated carbocycles. The molecule has 0 aliphatic heterocycles. The summed E-state index contributed by atoms with van der Waals surface area (Å²) >= 11 is 0. The van der Waals surface area contributed by atoms with E-state index in [1.807, 2.05) is 5.32 Å². The highest BCUT2D eigenvalue weighted by atomic mass is 32.2. The van der Waals surface area contributed by atoms with E-state index in [0.29, 0.717) is 0 Å². The van der Waals surface area contributed by atoms with E-state index in [1.54, 1.807) is 0 Å².